The van der Waals surface area contributed by atoms with E-state index in [1.807, 2.05) is 6.92 Å². The number of rotatable bonds is 3. The molecule has 3 N–H and O–H groups in total. The summed E-state index contributed by atoms with van der Waals surface area (Å²) in [4.78, 5) is 2.35. The molecule has 0 saturated carbocycles. The van der Waals surface area contributed by atoms with Crippen molar-refractivity contribution in [1.82, 2.24) is 0 Å². The van der Waals surface area contributed by atoms with Crippen LogP contribution in [0.5, 0.6) is 0 Å². The predicted octanol–water partition coefficient (Wildman–Crippen LogP) is 2.01. The van der Waals surface area contributed by atoms with Crippen molar-refractivity contribution in [3.63, 3.8) is 0 Å². The first-order chi connectivity index (χ1) is 7.68. The maximum atomic E-state index is 7.45. The van der Waals surface area contributed by atoms with Crippen molar-refractivity contribution in [2.45, 2.75) is 19.8 Å². The molecule has 86 valence electrons. The Morgan fingerprint density at radius 3 is 3.00 bits per heavy atom. The first-order valence-corrected chi connectivity index (χ1v) is 5.85. The first kappa shape index (κ1) is 11.0. The quantitative estimate of drug-likeness (QED) is 0.601. The van der Waals surface area contributed by atoms with Crippen molar-refractivity contribution < 1.29 is 0 Å². The molecule has 1 aromatic rings. The molecule has 1 unspecified atom stereocenters. The number of anilines is 1. The third-order valence-corrected chi connectivity index (χ3v) is 3.23. The van der Waals surface area contributed by atoms with Gasteiger partial charge in [0.25, 0.3) is 0 Å². The molecule has 0 spiro atoms. The van der Waals surface area contributed by atoms with E-state index in [1.54, 1.807) is 0 Å². The minimum absolute atomic E-state index is 0.131. The number of hydrogen-bond donors (Lipinski definition) is 2. The number of aryl methyl sites for hydroxylation is 1. The number of fused-ring (bicyclic) bond motifs is 1. The van der Waals surface area contributed by atoms with Crippen LogP contribution < -0.4 is 10.6 Å². The Balaban J connectivity index is 2.16. The summed E-state index contributed by atoms with van der Waals surface area (Å²) in [7, 11) is 0. The van der Waals surface area contributed by atoms with Gasteiger partial charge in [0.05, 0.1) is 5.84 Å². The van der Waals surface area contributed by atoms with Gasteiger partial charge in [0.1, 0.15) is 0 Å². The van der Waals surface area contributed by atoms with Crippen LogP contribution in [0, 0.1) is 11.3 Å². The Labute approximate surface area is 96.8 Å². The number of nitrogens with two attached hydrogens (primary N) is 1. The fourth-order valence-corrected chi connectivity index (χ4v) is 2.23. The third kappa shape index (κ3) is 2.18. The van der Waals surface area contributed by atoms with Crippen LogP contribution in [0.4, 0.5) is 5.69 Å². The normalized spacial score (nSPS) is 16.7. The molecule has 1 aromatic carbocycles. The lowest BCUT2D eigenvalue weighted by Crippen LogP contribution is -2.37. The highest BCUT2D eigenvalue weighted by Gasteiger charge is 2.18. The minimum atomic E-state index is 0.131. The molecule has 2 rings (SSSR count). The second-order valence-corrected chi connectivity index (χ2v) is 4.53. The molecule has 0 aromatic heterocycles. The zero-order chi connectivity index (χ0) is 11.5. The molecule has 0 aliphatic carbocycles. The molecular formula is C13H19N3. The molecule has 3 heteroatoms. The maximum Gasteiger partial charge on any atom is 0.0952 e. The van der Waals surface area contributed by atoms with E-state index in [0.717, 1.165) is 13.1 Å². The largest absolute Gasteiger partial charge is 0.387 e. The Morgan fingerprint density at radius 2 is 2.25 bits per heavy atom. The van der Waals surface area contributed by atoms with Crippen LogP contribution in [0.2, 0.25) is 0 Å². The fourth-order valence-electron chi connectivity index (χ4n) is 2.23. The van der Waals surface area contributed by atoms with Crippen molar-refractivity contribution in [1.29, 1.82) is 5.41 Å². The SMILES string of the molecule is CC(CN1CCCc2ccccc21)C(=N)N. The summed E-state index contributed by atoms with van der Waals surface area (Å²) in [5.41, 5.74) is 8.27. The lowest BCUT2D eigenvalue weighted by atomic mass is 10.00. The average molecular weight is 217 g/mol. The van der Waals surface area contributed by atoms with Gasteiger partial charge in [0.2, 0.25) is 0 Å². The lowest BCUT2D eigenvalue weighted by Gasteiger charge is -2.33. The molecule has 1 aliphatic rings. The minimum Gasteiger partial charge on any atom is -0.387 e. The molecule has 1 atom stereocenters. The van der Waals surface area contributed by atoms with E-state index in [-0.39, 0.29) is 11.8 Å². The molecule has 0 bridgehead atoms. The molecule has 0 saturated heterocycles. The van der Waals surface area contributed by atoms with E-state index in [0.29, 0.717) is 0 Å². The smallest absolute Gasteiger partial charge is 0.0952 e. The summed E-state index contributed by atoms with van der Waals surface area (Å²) in [5.74, 6) is 0.411. The van der Waals surface area contributed by atoms with Crippen LogP contribution >= 0.6 is 0 Å². The highest BCUT2D eigenvalue weighted by molar-refractivity contribution is 5.80. The number of para-hydroxylation sites is 1. The Morgan fingerprint density at radius 1 is 1.50 bits per heavy atom. The van der Waals surface area contributed by atoms with Gasteiger partial charge < -0.3 is 10.6 Å². The second kappa shape index (κ2) is 4.56. The summed E-state index contributed by atoms with van der Waals surface area (Å²) in [6.45, 7) is 3.94. The first-order valence-electron chi connectivity index (χ1n) is 5.85. The van der Waals surface area contributed by atoms with Crippen molar-refractivity contribution in [3.8, 4) is 0 Å². The van der Waals surface area contributed by atoms with Crippen LogP contribution in [0.3, 0.4) is 0 Å². The Bertz CT molecular complexity index is 387. The van der Waals surface area contributed by atoms with Crippen molar-refractivity contribution in [2.24, 2.45) is 11.7 Å². The maximum absolute atomic E-state index is 7.45. The number of nitrogens with zero attached hydrogens (tertiary/aromatic N) is 1. The molecule has 0 fully saturated rings. The lowest BCUT2D eigenvalue weighted by molar-refractivity contribution is 0.636. The van der Waals surface area contributed by atoms with Crippen molar-refractivity contribution in [3.05, 3.63) is 29.8 Å². The van der Waals surface area contributed by atoms with Gasteiger partial charge in [-0.1, -0.05) is 25.1 Å². The highest BCUT2D eigenvalue weighted by atomic mass is 15.1. The van der Waals surface area contributed by atoms with E-state index in [4.69, 9.17) is 11.1 Å². The van der Waals surface area contributed by atoms with Crippen LogP contribution in [-0.2, 0) is 6.42 Å². The third-order valence-electron chi connectivity index (χ3n) is 3.23. The van der Waals surface area contributed by atoms with Gasteiger partial charge in [0.15, 0.2) is 0 Å². The number of nitrogens with one attached hydrogen (secondary N) is 1. The molecule has 0 radical (unpaired) electrons. The molecule has 1 aliphatic heterocycles. The molecular weight excluding hydrogens is 198 g/mol. The van der Waals surface area contributed by atoms with E-state index in [9.17, 15) is 0 Å². The summed E-state index contributed by atoms with van der Waals surface area (Å²) >= 11 is 0. The van der Waals surface area contributed by atoms with Crippen molar-refractivity contribution in [2.75, 3.05) is 18.0 Å². The van der Waals surface area contributed by atoms with E-state index in [2.05, 4.69) is 29.2 Å². The van der Waals surface area contributed by atoms with E-state index >= 15 is 0 Å². The molecule has 1 heterocycles. The second-order valence-electron chi connectivity index (χ2n) is 4.53. The van der Waals surface area contributed by atoms with Gasteiger partial charge in [-0.2, -0.15) is 0 Å². The summed E-state index contributed by atoms with van der Waals surface area (Å²) in [5, 5.41) is 7.45. The summed E-state index contributed by atoms with van der Waals surface area (Å²) in [6, 6.07) is 8.54. The number of hydrogen-bond acceptors (Lipinski definition) is 2. The topological polar surface area (TPSA) is 53.1 Å². The van der Waals surface area contributed by atoms with Gasteiger partial charge in [-0.05, 0) is 24.5 Å². The van der Waals surface area contributed by atoms with Crippen LogP contribution in [0.1, 0.15) is 18.9 Å². The van der Waals surface area contributed by atoms with Gasteiger partial charge in [-0.25, -0.2) is 0 Å². The van der Waals surface area contributed by atoms with Gasteiger partial charge >= 0.3 is 0 Å². The van der Waals surface area contributed by atoms with E-state index < -0.39 is 0 Å². The summed E-state index contributed by atoms with van der Waals surface area (Å²) < 4.78 is 0. The fraction of sp³-hybridized carbons (Fsp3) is 0.462. The number of benzene rings is 1. The Hall–Kier alpha value is -1.51. The van der Waals surface area contributed by atoms with Crippen LogP contribution in [0.15, 0.2) is 24.3 Å². The zero-order valence-corrected chi connectivity index (χ0v) is 9.74. The monoisotopic (exact) mass is 217 g/mol. The Kier molecular flexibility index (Phi) is 3.13. The van der Waals surface area contributed by atoms with E-state index in [1.165, 1.54) is 24.1 Å². The predicted molar refractivity (Wildman–Crippen MR) is 68.1 cm³/mol. The molecule has 3 nitrogen and oxygen atoms in total. The summed E-state index contributed by atoms with van der Waals surface area (Å²) in [6.07, 6.45) is 2.36. The van der Waals surface area contributed by atoms with Gasteiger partial charge in [0, 0.05) is 24.7 Å². The van der Waals surface area contributed by atoms with Gasteiger partial charge in [-0.15, -0.1) is 0 Å². The standard InChI is InChI=1S/C13H19N3/c1-10(13(14)15)9-16-8-4-6-11-5-2-3-7-12(11)16/h2-3,5,7,10H,4,6,8-9H2,1H3,(H3,14,15). The zero-order valence-electron chi connectivity index (χ0n) is 9.74. The van der Waals surface area contributed by atoms with Crippen LogP contribution in [-0.4, -0.2) is 18.9 Å². The molecule has 0 amide bonds. The van der Waals surface area contributed by atoms with Crippen molar-refractivity contribution >= 4 is 11.5 Å². The highest BCUT2D eigenvalue weighted by Crippen LogP contribution is 2.27. The van der Waals surface area contributed by atoms with Crippen LogP contribution in [0.25, 0.3) is 0 Å². The average Bonchev–Trinajstić information content (AvgIpc) is 2.29. The van der Waals surface area contributed by atoms with Gasteiger partial charge in [-0.3, -0.25) is 5.41 Å². The number of amidine groups is 1. The molecule has 16 heavy (non-hydrogen) atoms.